The van der Waals surface area contributed by atoms with Gasteiger partial charge in [-0.3, -0.25) is 14.2 Å². The van der Waals surface area contributed by atoms with Crippen molar-refractivity contribution in [1.29, 1.82) is 0 Å². The van der Waals surface area contributed by atoms with E-state index in [4.69, 9.17) is 9.47 Å². The van der Waals surface area contributed by atoms with Crippen LogP contribution >= 0.6 is 11.8 Å². The van der Waals surface area contributed by atoms with E-state index in [0.29, 0.717) is 52.5 Å². The average molecular weight is 651 g/mol. The lowest BCUT2D eigenvalue weighted by Gasteiger charge is -2.16. The van der Waals surface area contributed by atoms with Crippen LogP contribution in [0.4, 0.5) is 5.69 Å². The van der Waals surface area contributed by atoms with Gasteiger partial charge >= 0.3 is 0 Å². The molecule has 1 saturated heterocycles. The highest BCUT2D eigenvalue weighted by Gasteiger charge is 2.27. The molecule has 0 aliphatic carbocycles. The Morgan fingerprint density at radius 2 is 1.71 bits per heavy atom. The lowest BCUT2D eigenvalue weighted by molar-refractivity contribution is -0.113. The van der Waals surface area contributed by atoms with Gasteiger partial charge in [0.25, 0.3) is 5.91 Å². The second-order valence-corrected chi connectivity index (χ2v) is 13.2. The number of carbonyl (C=O) groups is 2. The molecule has 0 unspecified atom stereocenters. The maximum Gasteiger partial charge on any atom is 0.251 e. The van der Waals surface area contributed by atoms with Gasteiger partial charge in [-0.15, -0.1) is 10.2 Å². The fourth-order valence-corrected chi connectivity index (χ4v) is 7.17. The number of carbonyl (C=O) groups excluding carboxylic acids is 2. The van der Waals surface area contributed by atoms with E-state index in [-0.39, 0.29) is 23.1 Å². The summed E-state index contributed by atoms with van der Waals surface area (Å²) in [5.41, 5.74) is 2.58. The van der Waals surface area contributed by atoms with E-state index in [1.54, 1.807) is 29.9 Å². The molecule has 1 aromatic heterocycles. The Labute approximate surface area is 266 Å². The fourth-order valence-electron chi connectivity index (χ4n) is 4.89. The van der Waals surface area contributed by atoms with Crippen molar-refractivity contribution in [1.82, 2.24) is 24.4 Å². The average Bonchev–Trinajstić information content (AvgIpc) is 3.73. The third kappa shape index (κ3) is 7.47. The predicted molar refractivity (Wildman–Crippen MR) is 171 cm³/mol. The van der Waals surface area contributed by atoms with E-state index in [1.807, 2.05) is 31.2 Å². The first-order chi connectivity index (χ1) is 21.7. The number of aryl methyl sites for hydroxylation is 1. The van der Waals surface area contributed by atoms with Gasteiger partial charge in [0, 0.05) is 30.4 Å². The van der Waals surface area contributed by atoms with Gasteiger partial charge < -0.3 is 20.1 Å². The molecule has 236 valence electrons. The summed E-state index contributed by atoms with van der Waals surface area (Å²) in [6.45, 7) is 2.93. The third-order valence-electron chi connectivity index (χ3n) is 7.19. The molecule has 1 aliphatic rings. The predicted octanol–water partition coefficient (Wildman–Crippen LogP) is 4.04. The topological polar surface area (TPSA) is 145 Å². The second-order valence-electron chi connectivity index (χ2n) is 10.3. The molecule has 0 spiro atoms. The second kappa shape index (κ2) is 14.1. The van der Waals surface area contributed by atoms with Gasteiger partial charge in [-0.05, 0) is 73.9 Å². The van der Waals surface area contributed by atoms with Crippen molar-refractivity contribution in [2.45, 2.75) is 36.4 Å². The zero-order valence-corrected chi connectivity index (χ0v) is 26.8. The van der Waals surface area contributed by atoms with Crippen molar-refractivity contribution in [2.24, 2.45) is 0 Å². The molecule has 45 heavy (non-hydrogen) atoms. The number of nitrogens with zero attached hydrogens (tertiary/aromatic N) is 4. The van der Waals surface area contributed by atoms with Crippen molar-refractivity contribution in [3.05, 3.63) is 83.7 Å². The molecule has 5 rings (SSSR count). The molecule has 2 N–H and O–H groups in total. The SMILES string of the molecule is COc1ccc(OC)c(-n2c(CNC(=O)c3ccc(S(=O)(=O)N4CCCC4)cc3)nnc2SCC(=O)Nc2cccc(C)c2)c1. The molecule has 3 aromatic carbocycles. The van der Waals surface area contributed by atoms with Crippen LogP contribution in [-0.4, -0.2) is 72.4 Å². The number of sulfonamides is 1. The standard InChI is InChI=1S/C31H34N6O6S2/c1-21-7-6-8-23(17-21)33-29(38)20-44-31-35-34-28(37(31)26-18-24(42-2)11-14-27(26)43-3)19-32-30(39)22-9-12-25(13-10-22)45(40,41)36-15-4-5-16-36/h6-14,17-18H,4-5,15-16,19-20H2,1-3H3,(H,32,39)(H,33,38). The van der Waals surface area contributed by atoms with Crippen LogP contribution in [0.2, 0.25) is 0 Å². The smallest absolute Gasteiger partial charge is 0.251 e. The number of hydrogen-bond donors (Lipinski definition) is 2. The van der Waals surface area contributed by atoms with Crippen molar-refractivity contribution in [3.63, 3.8) is 0 Å². The number of anilines is 1. The first kappa shape index (κ1) is 32.0. The number of rotatable bonds is 12. The summed E-state index contributed by atoms with van der Waals surface area (Å²) >= 11 is 1.18. The summed E-state index contributed by atoms with van der Waals surface area (Å²) < 4.78 is 39.9. The van der Waals surface area contributed by atoms with Crippen LogP contribution in [-0.2, 0) is 21.4 Å². The van der Waals surface area contributed by atoms with E-state index in [9.17, 15) is 18.0 Å². The summed E-state index contributed by atoms with van der Waals surface area (Å²) in [5, 5.41) is 14.8. The lowest BCUT2D eigenvalue weighted by atomic mass is 10.2. The maximum absolute atomic E-state index is 13.1. The first-order valence-electron chi connectivity index (χ1n) is 14.2. The Bertz CT molecular complexity index is 1790. The molecular formula is C31H34N6O6S2. The van der Waals surface area contributed by atoms with E-state index in [2.05, 4.69) is 20.8 Å². The monoisotopic (exact) mass is 650 g/mol. The van der Waals surface area contributed by atoms with E-state index >= 15 is 0 Å². The number of benzene rings is 3. The van der Waals surface area contributed by atoms with Gasteiger partial charge in [0.1, 0.15) is 11.5 Å². The number of nitrogens with one attached hydrogen (secondary N) is 2. The Morgan fingerprint density at radius 1 is 0.956 bits per heavy atom. The van der Waals surface area contributed by atoms with Crippen LogP contribution in [0.3, 0.4) is 0 Å². The summed E-state index contributed by atoms with van der Waals surface area (Å²) in [6.07, 6.45) is 1.68. The minimum atomic E-state index is -3.59. The van der Waals surface area contributed by atoms with Crippen LogP contribution in [0.5, 0.6) is 11.5 Å². The molecular weight excluding hydrogens is 617 g/mol. The van der Waals surface area contributed by atoms with E-state index < -0.39 is 15.9 Å². The number of thioether (sulfide) groups is 1. The lowest BCUT2D eigenvalue weighted by Crippen LogP contribution is -2.28. The largest absolute Gasteiger partial charge is 0.497 e. The molecule has 2 amide bonds. The number of ether oxygens (including phenoxy) is 2. The summed E-state index contributed by atoms with van der Waals surface area (Å²) in [4.78, 5) is 26.0. The van der Waals surface area contributed by atoms with E-state index in [0.717, 1.165) is 18.4 Å². The zero-order chi connectivity index (χ0) is 32.0. The van der Waals surface area contributed by atoms with Crippen LogP contribution < -0.4 is 20.1 Å². The maximum atomic E-state index is 13.1. The van der Waals surface area contributed by atoms with Crippen LogP contribution in [0.15, 0.2) is 76.8 Å². The van der Waals surface area contributed by atoms with Gasteiger partial charge in [0.05, 0.1) is 37.1 Å². The highest BCUT2D eigenvalue weighted by Crippen LogP contribution is 2.32. The van der Waals surface area contributed by atoms with Crippen molar-refractivity contribution < 1.29 is 27.5 Å². The molecule has 1 fully saturated rings. The molecule has 1 aliphatic heterocycles. The van der Waals surface area contributed by atoms with E-state index in [1.165, 1.54) is 47.4 Å². The van der Waals surface area contributed by atoms with Crippen molar-refractivity contribution in [3.8, 4) is 17.2 Å². The van der Waals surface area contributed by atoms with Gasteiger partial charge in [0.15, 0.2) is 11.0 Å². The molecule has 0 saturated carbocycles. The number of methoxy groups -OCH3 is 2. The molecule has 0 radical (unpaired) electrons. The highest BCUT2D eigenvalue weighted by molar-refractivity contribution is 7.99. The fraction of sp³-hybridized carbons (Fsp3) is 0.290. The van der Waals surface area contributed by atoms with Gasteiger partial charge in [-0.25, -0.2) is 8.42 Å². The highest BCUT2D eigenvalue weighted by atomic mass is 32.2. The quantitative estimate of drug-likeness (QED) is 0.217. The molecule has 2 heterocycles. The number of amides is 2. The van der Waals surface area contributed by atoms with Gasteiger partial charge in [0.2, 0.25) is 15.9 Å². The molecule has 14 heteroatoms. The van der Waals surface area contributed by atoms with Gasteiger partial charge in [-0.2, -0.15) is 4.31 Å². The normalized spacial score (nSPS) is 13.4. The van der Waals surface area contributed by atoms with Crippen molar-refractivity contribution >= 4 is 39.3 Å². The van der Waals surface area contributed by atoms with Gasteiger partial charge in [-0.1, -0.05) is 23.9 Å². The Hall–Kier alpha value is -4.40. The number of hydrogen-bond acceptors (Lipinski definition) is 9. The van der Waals surface area contributed by atoms with Crippen LogP contribution in [0.1, 0.15) is 34.6 Å². The zero-order valence-electron chi connectivity index (χ0n) is 25.1. The minimum Gasteiger partial charge on any atom is -0.497 e. The Morgan fingerprint density at radius 3 is 2.40 bits per heavy atom. The molecule has 12 nitrogen and oxygen atoms in total. The summed E-state index contributed by atoms with van der Waals surface area (Å²) in [6, 6.07) is 18.6. The summed E-state index contributed by atoms with van der Waals surface area (Å²) in [7, 11) is -0.505. The summed E-state index contributed by atoms with van der Waals surface area (Å²) in [5.74, 6) is 0.861. The van der Waals surface area contributed by atoms with Crippen LogP contribution in [0, 0.1) is 6.92 Å². The van der Waals surface area contributed by atoms with Crippen LogP contribution in [0.25, 0.3) is 5.69 Å². The Kier molecular flexibility index (Phi) is 10.1. The Balaban J connectivity index is 1.35. The molecule has 0 atom stereocenters. The third-order valence-corrected chi connectivity index (χ3v) is 10.0. The first-order valence-corrected chi connectivity index (χ1v) is 16.7. The number of aromatic nitrogens is 3. The minimum absolute atomic E-state index is 0.0178. The molecule has 0 bridgehead atoms. The molecule has 4 aromatic rings. The van der Waals surface area contributed by atoms with Crippen molar-refractivity contribution in [2.75, 3.05) is 38.4 Å².